The summed E-state index contributed by atoms with van der Waals surface area (Å²) in [5.74, 6) is 0.628. The Labute approximate surface area is 58.8 Å². The SMILES string of the molecule is NCSC1=CC=COC1. The van der Waals surface area contributed by atoms with Gasteiger partial charge >= 0.3 is 0 Å². The highest BCUT2D eigenvalue weighted by Gasteiger charge is 1.97. The molecular weight excluding hydrogens is 134 g/mol. The third-order valence-corrected chi connectivity index (χ3v) is 1.74. The Morgan fingerprint density at radius 1 is 1.78 bits per heavy atom. The highest BCUT2D eigenvalue weighted by molar-refractivity contribution is 8.03. The molecule has 0 aliphatic carbocycles. The van der Waals surface area contributed by atoms with Crippen molar-refractivity contribution in [3.8, 4) is 0 Å². The fraction of sp³-hybridized carbons (Fsp3) is 0.333. The number of thioether (sulfide) groups is 1. The summed E-state index contributed by atoms with van der Waals surface area (Å²) in [5, 5.41) is 0. The van der Waals surface area contributed by atoms with E-state index < -0.39 is 0 Å². The molecule has 0 saturated carbocycles. The Hall–Kier alpha value is -0.410. The molecule has 0 unspecified atom stereocenters. The second-order valence-electron chi connectivity index (χ2n) is 1.58. The molecule has 1 aliphatic heterocycles. The van der Waals surface area contributed by atoms with Gasteiger partial charge in [0.2, 0.25) is 0 Å². The molecular formula is C6H9NOS. The topological polar surface area (TPSA) is 35.2 Å². The Kier molecular flexibility index (Phi) is 2.67. The van der Waals surface area contributed by atoms with E-state index >= 15 is 0 Å². The zero-order valence-corrected chi connectivity index (χ0v) is 5.86. The molecule has 0 aromatic heterocycles. The van der Waals surface area contributed by atoms with Crippen molar-refractivity contribution in [1.29, 1.82) is 0 Å². The molecule has 1 aliphatic rings. The van der Waals surface area contributed by atoms with Gasteiger partial charge in [0.1, 0.15) is 6.61 Å². The van der Waals surface area contributed by atoms with Crippen LogP contribution in [0.2, 0.25) is 0 Å². The standard InChI is InChI=1S/C6H9NOS/c7-5-9-6-2-1-3-8-4-6/h1-3H,4-5,7H2. The average molecular weight is 143 g/mol. The van der Waals surface area contributed by atoms with Gasteiger partial charge in [-0.05, 0) is 12.2 Å². The maximum atomic E-state index is 5.30. The highest BCUT2D eigenvalue weighted by atomic mass is 32.2. The minimum atomic E-state index is 0.628. The van der Waals surface area contributed by atoms with Crippen LogP contribution in [0.1, 0.15) is 0 Å². The Bertz CT molecular complexity index is 142. The molecule has 2 N–H and O–H groups in total. The molecule has 1 rings (SSSR count). The molecule has 0 saturated heterocycles. The number of rotatable bonds is 2. The van der Waals surface area contributed by atoms with E-state index in [1.54, 1.807) is 18.0 Å². The third-order valence-electron chi connectivity index (χ3n) is 0.951. The molecule has 0 bridgehead atoms. The zero-order valence-electron chi connectivity index (χ0n) is 5.04. The largest absolute Gasteiger partial charge is 0.496 e. The summed E-state index contributed by atoms with van der Waals surface area (Å²) in [6.45, 7) is 0.679. The van der Waals surface area contributed by atoms with Crippen molar-refractivity contribution < 1.29 is 4.74 Å². The van der Waals surface area contributed by atoms with Gasteiger partial charge < -0.3 is 10.5 Å². The van der Waals surface area contributed by atoms with Gasteiger partial charge in [0, 0.05) is 10.8 Å². The fourth-order valence-corrected chi connectivity index (χ4v) is 1.12. The van der Waals surface area contributed by atoms with Gasteiger partial charge in [-0.2, -0.15) is 0 Å². The van der Waals surface area contributed by atoms with Crippen LogP contribution in [0.4, 0.5) is 0 Å². The van der Waals surface area contributed by atoms with Crippen molar-refractivity contribution in [3.63, 3.8) is 0 Å². The lowest BCUT2D eigenvalue weighted by Gasteiger charge is -2.07. The molecule has 0 atom stereocenters. The molecule has 0 spiro atoms. The van der Waals surface area contributed by atoms with Crippen molar-refractivity contribution in [2.45, 2.75) is 0 Å². The molecule has 0 radical (unpaired) electrons. The molecule has 2 nitrogen and oxygen atoms in total. The minimum absolute atomic E-state index is 0.628. The van der Waals surface area contributed by atoms with Crippen molar-refractivity contribution in [2.24, 2.45) is 5.73 Å². The first-order valence-electron chi connectivity index (χ1n) is 2.73. The van der Waals surface area contributed by atoms with Crippen LogP contribution in [0.25, 0.3) is 0 Å². The summed E-state index contributed by atoms with van der Waals surface area (Å²) in [5.41, 5.74) is 5.30. The monoisotopic (exact) mass is 143 g/mol. The lowest BCUT2D eigenvalue weighted by molar-refractivity contribution is 0.283. The van der Waals surface area contributed by atoms with Crippen LogP contribution in [0.3, 0.4) is 0 Å². The maximum absolute atomic E-state index is 5.30. The van der Waals surface area contributed by atoms with Crippen LogP contribution in [-0.2, 0) is 4.74 Å². The smallest absolute Gasteiger partial charge is 0.118 e. The van der Waals surface area contributed by atoms with Crippen LogP contribution >= 0.6 is 11.8 Å². The van der Waals surface area contributed by atoms with Crippen LogP contribution in [0, 0.1) is 0 Å². The maximum Gasteiger partial charge on any atom is 0.118 e. The third kappa shape index (κ3) is 2.11. The van der Waals surface area contributed by atoms with Gasteiger partial charge in [-0.3, -0.25) is 0 Å². The second kappa shape index (κ2) is 3.58. The van der Waals surface area contributed by atoms with E-state index in [4.69, 9.17) is 10.5 Å². The van der Waals surface area contributed by atoms with Gasteiger partial charge in [-0.1, -0.05) is 0 Å². The molecule has 50 valence electrons. The highest BCUT2D eigenvalue weighted by Crippen LogP contribution is 2.16. The average Bonchev–Trinajstić information content (AvgIpc) is 1.91. The van der Waals surface area contributed by atoms with Crippen molar-refractivity contribution in [2.75, 3.05) is 12.5 Å². The van der Waals surface area contributed by atoms with Gasteiger partial charge in [-0.15, -0.1) is 11.8 Å². The first kappa shape index (κ1) is 6.71. The van der Waals surface area contributed by atoms with Crippen molar-refractivity contribution in [3.05, 3.63) is 23.3 Å². The Balaban J connectivity index is 2.38. The van der Waals surface area contributed by atoms with Gasteiger partial charge in [-0.25, -0.2) is 0 Å². The molecule has 1 heterocycles. The first-order chi connectivity index (χ1) is 4.43. The van der Waals surface area contributed by atoms with E-state index in [0.717, 1.165) is 0 Å². The lowest BCUT2D eigenvalue weighted by Crippen LogP contribution is -1.98. The minimum Gasteiger partial charge on any atom is -0.496 e. The molecule has 0 amide bonds. The van der Waals surface area contributed by atoms with Crippen molar-refractivity contribution in [1.82, 2.24) is 0 Å². The quantitative estimate of drug-likeness (QED) is 0.587. The normalized spacial score (nSPS) is 16.8. The predicted octanol–water partition coefficient (Wildman–Crippen LogP) is 1.06. The molecule has 3 heteroatoms. The molecule has 0 aromatic rings. The number of allylic oxidation sites excluding steroid dienone is 2. The Morgan fingerprint density at radius 3 is 3.22 bits per heavy atom. The van der Waals surface area contributed by atoms with Crippen molar-refractivity contribution >= 4 is 11.8 Å². The molecule has 0 fully saturated rings. The van der Waals surface area contributed by atoms with Crippen LogP contribution in [0.5, 0.6) is 0 Å². The van der Waals surface area contributed by atoms with E-state index in [0.29, 0.717) is 12.5 Å². The predicted molar refractivity (Wildman–Crippen MR) is 39.8 cm³/mol. The van der Waals surface area contributed by atoms with Crippen LogP contribution in [-0.4, -0.2) is 12.5 Å². The first-order valence-corrected chi connectivity index (χ1v) is 3.72. The van der Waals surface area contributed by atoms with Crippen LogP contribution in [0.15, 0.2) is 23.3 Å². The number of ether oxygens (including phenoxy) is 1. The number of hydrogen-bond acceptors (Lipinski definition) is 3. The Morgan fingerprint density at radius 2 is 2.67 bits per heavy atom. The van der Waals surface area contributed by atoms with Gasteiger partial charge in [0.05, 0.1) is 6.26 Å². The van der Waals surface area contributed by atoms with E-state index in [-0.39, 0.29) is 0 Å². The molecule has 0 aromatic carbocycles. The lowest BCUT2D eigenvalue weighted by atomic mass is 10.4. The number of hydrogen-bond donors (Lipinski definition) is 1. The van der Waals surface area contributed by atoms with Crippen LogP contribution < -0.4 is 5.73 Å². The fourth-order valence-electron chi connectivity index (χ4n) is 0.577. The van der Waals surface area contributed by atoms with E-state index in [9.17, 15) is 0 Å². The van der Waals surface area contributed by atoms with Gasteiger partial charge in [0.25, 0.3) is 0 Å². The van der Waals surface area contributed by atoms with E-state index in [1.165, 1.54) is 4.91 Å². The zero-order chi connectivity index (χ0) is 6.53. The summed E-state index contributed by atoms with van der Waals surface area (Å²) in [4.78, 5) is 1.19. The second-order valence-corrected chi connectivity index (χ2v) is 2.73. The van der Waals surface area contributed by atoms with Gasteiger partial charge in [0.15, 0.2) is 0 Å². The van der Waals surface area contributed by atoms with E-state index in [1.807, 2.05) is 12.2 Å². The summed E-state index contributed by atoms with van der Waals surface area (Å²) in [7, 11) is 0. The summed E-state index contributed by atoms with van der Waals surface area (Å²) >= 11 is 1.61. The number of nitrogens with two attached hydrogens (primary N) is 1. The summed E-state index contributed by atoms with van der Waals surface area (Å²) in [6.07, 6.45) is 5.57. The molecule has 9 heavy (non-hydrogen) atoms. The summed E-state index contributed by atoms with van der Waals surface area (Å²) in [6, 6.07) is 0. The van der Waals surface area contributed by atoms with E-state index in [2.05, 4.69) is 0 Å². The summed E-state index contributed by atoms with van der Waals surface area (Å²) < 4.78 is 5.01.